The Hall–Kier alpha value is -0.930. The SMILES string of the molecule is O=C1C=C2CCC(CO)=C(CO)C2C1. The van der Waals surface area contributed by atoms with Gasteiger partial charge in [-0.1, -0.05) is 5.57 Å². The van der Waals surface area contributed by atoms with Crippen LogP contribution in [0, 0.1) is 5.92 Å². The van der Waals surface area contributed by atoms with E-state index in [0.29, 0.717) is 6.42 Å². The van der Waals surface area contributed by atoms with Crippen molar-refractivity contribution in [3.8, 4) is 0 Å². The predicted molar refractivity (Wildman–Crippen MR) is 51.6 cm³/mol. The molecule has 14 heavy (non-hydrogen) atoms. The van der Waals surface area contributed by atoms with Crippen LogP contribution in [0.2, 0.25) is 0 Å². The van der Waals surface area contributed by atoms with Crippen LogP contribution in [0.25, 0.3) is 0 Å². The van der Waals surface area contributed by atoms with Gasteiger partial charge >= 0.3 is 0 Å². The molecule has 2 aliphatic carbocycles. The molecule has 3 nitrogen and oxygen atoms in total. The Labute approximate surface area is 82.7 Å². The summed E-state index contributed by atoms with van der Waals surface area (Å²) in [7, 11) is 0. The van der Waals surface area contributed by atoms with Gasteiger partial charge in [0.2, 0.25) is 0 Å². The third-order valence-corrected chi connectivity index (χ3v) is 3.15. The molecule has 1 unspecified atom stereocenters. The molecule has 0 bridgehead atoms. The molecule has 3 heteroatoms. The number of rotatable bonds is 2. The second-order valence-electron chi connectivity index (χ2n) is 3.89. The molecule has 0 amide bonds. The van der Waals surface area contributed by atoms with E-state index in [2.05, 4.69) is 0 Å². The molecular weight excluding hydrogens is 180 g/mol. The average molecular weight is 194 g/mol. The molecule has 0 saturated heterocycles. The molecule has 0 radical (unpaired) electrons. The Bertz CT molecular complexity index is 325. The number of carbonyl (C=O) groups is 1. The topological polar surface area (TPSA) is 57.5 Å². The fraction of sp³-hybridized carbons (Fsp3) is 0.545. The monoisotopic (exact) mass is 194 g/mol. The van der Waals surface area contributed by atoms with Crippen molar-refractivity contribution < 1.29 is 15.0 Å². The van der Waals surface area contributed by atoms with E-state index < -0.39 is 0 Å². The first-order valence-electron chi connectivity index (χ1n) is 4.92. The first-order chi connectivity index (χ1) is 6.76. The van der Waals surface area contributed by atoms with Gasteiger partial charge in [-0.25, -0.2) is 0 Å². The van der Waals surface area contributed by atoms with Gasteiger partial charge in [0.05, 0.1) is 13.2 Å². The number of ketones is 1. The van der Waals surface area contributed by atoms with E-state index in [0.717, 1.165) is 29.6 Å². The highest BCUT2D eigenvalue weighted by atomic mass is 16.3. The standard InChI is InChI=1S/C11H14O3/c12-5-8-2-1-7-3-9(14)4-10(7)11(8)6-13/h3,10,12-13H,1-2,4-6H2. The van der Waals surface area contributed by atoms with Gasteiger partial charge in [0.1, 0.15) is 0 Å². The molecule has 0 spiro atoms. The molecule has 0 aromatic carbocycles. The van der Waals surface area contributed by atoms with E-state index in [1.807, 2.05) is 0 Å². The molecule has 0 saturated carbocycles. The lowest BCUT2D eigenvalue weighted by molar-refractivity contribution is -0.114. The van der Waals surface area contributed by atoms with Crippen LogP contribution in [0.3, 0.4) is 0 Å². The molecule has 0 heterocycles. The fourth-order valence-corrected chi connectivity index (χ4v) is 2.40. The van der Waals surface area contributed by atoms with E-state index in [4.69, 9.17) is 5.11 Å². The van der Waals surface area contributed by atoms with Gasteiger partial charge in [0, 0.05) is 12.3 Å². The van der Waals surface area contributed by atoms with E-state index in [-0.39, 0.29) is 24.9 Å². The van der Waals surface area contributed by atoms with Crippen molar-refractivity contribution >= 4 is 5.78 Å². The molecule has 2 N–H and O–H groups in total. The van der Waals surface area contributed by atoms with Crippen molar-refractivity contribution in [3.63, 3.8) is 0 Å². The van der Waals surface area contributed by atoms with E-state index in [1.54, 1.807) is 6.08 Å². The molecule has 0 aromatic heterocycles. The van der Waals surface area contributed by atoms with Gasteiger partial charge in [-0.2, -0.15) is 0 Å². The maximum absolute atomic E-state index is 11.2. The largest absolute Gasteiger partial charge is 0.392 e. The van der Waals surface area contributed by atoms with Crippen molar-refractivity contribution in [2.45, 2.75) is 19.3 Å². The molecule has 2 rings (SSSR count). The van der Waals surface area contributed by atoms with Crippen molar-refractivity contribution in [3.05, 3.63) is 22.8 Å². The summed E-state index contributed by atoms with van der Waals surface area (Å²) in [6, 6.07) is 0. The highest BCUT2D eigenvalue weighted by Crippen LogP contribution is 2.39. The first-order valence-corrected chi connectivity index (χ1v) is 4.92. The molecule has 2 aliphatic rings. The van der Waals surface area contributed by atoms with Gasteiger partial charge in [-0.3, -0.25) is 4.79 Å². The van der Waals surface area contributed by atoms with E-state index in [9.17, 15) is 9.90 Å². The summed E-state index contributed by atoms with van der Waals surface area (Å²) in [5, 5.41) is 18.3. The number of aliphatic hydroxyl groups excluding tert-OH is 2. The summed E-state index contributed by atoms with van der Waals surface area (Å²) in [5.41, 5.74) is 2.93. The Morgan fingerprint density at radius 2 is 2.07 bits per heavy atom. The Balaban J connectivity index is 2.34. The van der Waals surface area contributed by atoms with Gasteiger partial charge in [-0.05, 0) is 30.1 Å². The van der Waals surface area contributed by atoms with Gasteiger partial charge in [0.25, 0.3) is 0 Å². The van der Waals surface area contributed by atoms with Crippen molar-refractivity contribution in [2.75, 3.05) is 13.2 Å². The lowest BCUT2D eigenvalue weighted by atomic mass is 9.80. The minimum atomic E-state index is -0.0365. The van der Waals surface area contributed by atoms with E-state index in [1.165, 1.54) is 0 Å². The van der Waals surface area contributed by atoms with Crippen molar-refractivity contribution in [2.24, 2.45) is 5.92 Å². The summed E-state index contributed by atoms with van der Waals surface area (Å²) in [5.74, 6) is 0.235. The van der Waals surface area contributed by atoms with Crippen molar-refractivity contribution in [1.29, 1.82) is 0 Å². The second kappa shape index (κ2) is 3.67. The summed E-state index contributed by atoms with van der Waals surface area (Å²) in [6.45, 7) is -0.0287. The Morgan fingerprint density at radius 1 is 1.29 bits per heavy atom. The average Bonchev–Trinajstić information content (AvgIpc) is 2.56. The molecule has 1 atom stereocenters. The quantitative estimate of drug-likeness (QED) is 0.632. The lowest BCUT2D eigenvalue weighted by Gasteiger charge is -2.25. The molecular formula is C11H14O3. The van der Waals surface area contributed by atoms with Crippen molar-refractivity contribution in [1.82, 2.24) is 0 Å². The van der Waals surface area contributed by atoms with Crippen LogP contribution in [0.4, 0.5) is 0 Å². The molecule has 0 aromatic rings. The number of hydrogen-bond acceptors (Lipinski definition) is 3. The second-order valence-corrected chi connectivity index (χ2v) is 3.89. The van der Waals surface area contributed by atoms with Crippen LogP contribution < -0.4 is 0 Å². The zero-order valence-electron chi connectivity index (χ0n) is 7.99. The van der Waals surface area contributed by atoms with Crippen LogP contribution in [-0.4, -0.2) is 29.2 Å². The maximum atomic E-state index is 11.2. The molecule has 76 valence electrons. The van der Waals surface area contributed by atoms with Gasteiger partial charge < -0.3 is 10.2 Å². The summed E-state index contributed by atoms with van der Waals surface area (Å²) in [6.07, 6.45) is 3.82. The van der Waals surface area contributed by atoms with Crippen LogP contribution >= 0.6 is 0 Å². The van der Waals surface area contributed by atoms with Crippen LogP contribution in [0.1, 0.15) is 19.3 Å². The summed E-state index contributed by atoms with van der Waals surface area (Å²) >= 11 is 0. The highest BCUT2D eigenvalue weighted by Gasteiger charge is 2.31. The van der Waals surface area contributed by atoms with Gasteiger partial charge in [-0.15, -0.1) is 0 Å². The molecule has 0 aliphatic heterocycles. The first kappa shape index (κ1) is 9.62. The van der Waals surface area contributed by atoms with Crippen LogP contribution in [0.5, 0.6) is 0 Å². The summed E-state index contributed by atoms with van der Waals surface area (Å²) < 4.78 is 0. The normalized spacial score (nSPS) is 26.6. The number of hydrogen-bond donors (Lipinski definition) is 2. The smallest absolute Gasteiger partial charge is 0.156 e. The Kier molecular flexibility index (Phi) is 2.52. The predicted octanol–water partition coefficient (Wildman–Crippen LogP) is 0.577. The van der Waals surface area contributed by atoms with Crippen LogP contribution in [0.15, 0.2) is 22.8 Å². The third-order valence-electron chi connectivity index (χ3n) is 3.15. The Morgan fingerprint density at radius 3 is 2.71 bits per heavy atom. The number of fused-ring (bicyclic) bond motifs is 1. The maximum Gasteiger partial charge on any atom is 0.156 e. The fourth-order valence-electron chi connectivity index (χ4n) is 2.40. The summed E-state index contributed by atoms with van der Waals surface area (Å²) in [4.78, 5) is 11.2. The number of allylic oxidation sites excluding steroid dienone is 2. The molecule has 0 fully saturated rings. The zero-order chi connectivity index (χ0) is 10.1. The number of aliphatic hydroxyl groups is 2. The number of carbonyl (C=O) groups excluding carboxylic acids is 1. The van der Waals surface area contributed by atoms with Crippen LogP contribution in [-0.2, 0) is 4.79 Å². The lowest BCUT2D eigenvalue weighted by Crippen LogP contribution is -2.17. The highest BCUT2D eigenvalue weighted by molar-refractivity contribution is 5.94. The van der Waals surface area contributed by atoms with E-state index >= 15 is 0 Å². The minimum Gasteiger partial charge on any atom is -0.392 e. The zero-order valence-corrected chi connectivity index (χ0v) is 7.99. The minimum absolute atomic E-state index is 0.00780. The van der Waals surface area contributed by atoms with Gasteiger partial charge in [0.15, 0.2) is 5.78 Å². The third kappa shape index (κ3) is 1.42.